The SMILES string of the molecule is CSc1cc(Nc2nnc(C(=O)Nc3ccc(C4CCC(CC(=O)O)CC4)cc3)o2)ccc1C#N. The van der Waals surface area contributed by atoms with Gasteiger partial charge in [0.15, 0.2) is 0 Å². The normalized spacial score (nSPS) is 17.4. The summed E-state index contributed by atoms with van der Waals surface area (Å²) >= 11 is 1.45. The number of benzene rings is 2. The number of nitrogens with one attached hydrogen (secondary N) is 2. The monoisotopic (exact) mass is 491 g/mol. The van der Waals surface area contributed by atoms with Gasteiger partial charge in [-0.3, -0.25) is 9.59 Å². The minimum atomic E-state index is -0.725. The van der Waals surface area contributed by atoms with E-state index in [1.807, 2.05) is 30.5 Å². The maximum absolute atomic E-state index is 12.6. The van der Waals surface area contributed by atoms with Crippen molar-refractivity contribution in [2.45, 2.75) is 42.9 Å². The topological polar surface area (TPSA) is 141 Å². The van der Waals surface area contributed by atoms with Crippen LogP contribution in [0.3, 0.4) is 0 Å². The van der Waals surface area contributed by atoms with Gasteiger partial charge in [-0.05, 0) is 79.7 Å². The number of carbonyl (C=O) groups excluding carboxylic acids is 1. The lowest BCUT2D eigenvalue weighted by Crippen LogP contribution is -2.16. The number of hydrogen-bond acceptors (Lipinski definition) is 8. The van der Waals surface area contributed by atoms with E-state index in [4.69, 9.17) is 14.8 Å². The van der Waals surface area contributed by atoms with Crippen molar-refractivity contribution in [3.63, 3.8) is 0 Å². The van der Waals surface area contributed by atoms with Gasteiger partial charge in [-0.15, -0.1) is 16.9 Å². The van der Waals surface area contributed by atoms with Crippen molar-refractivity contribution in [3.05, 3.63) is 59.5 Å². The van der Waals surface area contributed by atoms with Crippen molar-refractivity contribution in [2.24, 2.45) is 5.92 Å². The summed E-state index contributed by atoms with van der Waals surface area (Å²) in [5.74, 6) is -0.746. The number of rotatable bonds is 8. The molecule has 0 atom stereocenters. The maximum atomic E-state index is 12.6. The molecule has 0 aliphatic heterocycles. The molecule has 1 amide bonds. The van der Waals surface area contributed by atoms with E-state index < -0.39 is 11.9 Å². The van der Waals surface area contributed by atoms with Gasteiger partial charge in [0.05, 0.1) is 5.56 Å². The van der Waals surface area contributed by atoms with Crippen LogP contribution in [-0.4, -0.2) is 33.4 Å². The Morgan fingerprint density at radius 3 is 2.49 bits per heavy atom. The molecule has 2 aromatic carbocycles. The first kappa shape index (κ1) is 24.3. The third-order valence-electron chi connectivity index (χ3n) is 6.14. The molecule has 0 bridgehead atoms. The van der Waals surface area contributed by atoms with Crippen LogP contribution in [0.25, 0.3) is 0 Å². The van der Waals surface area contributed by atoms with Gasteiger partial charge in [-0.1, -0.05) is 17.2 Å². The number of carboxylic acids is 1. The summed E-state index contributed by atoms with van der Waals surface area (Å²) in [5, 5.41) is 31.5. The van der Waals surface area contributed by atoms with Crippen LogP contribution in [0, 0.1) is 17.2 Å². The molecule has 1 fully saturated rings. The molecular formula is C25H25N5O4S. The highest BCUT2D eigenvalue weighted by Gasteiger charge is 2.24. The molecule has 9 nitrogen and oxygen atoms in total. The van der Waals surface area contributed by atoms with E-state index in [0.717, 1.165) is 30.6 Å². The zero-order valence-corrected chi connectivity index (χ0v) is 20.0. The molecule has 1 aromatic heterocycles. The fourth-order valence-electron chi connectivity index (χ4n) is 4.32. The molecule has 0 saturated heterocycles. The number of aromatic nitrogens is 2. The van der Waals surface area contributed by atoms with Crippen LogP contribution in [0.2, 0.25) is 0 Å². The molecule has 35 heavy (non-hydrogen) atoms. The highest BCUT2D eigenvalue weighted by Crippen LogP contribution is 2.37. The molecule has 1 aliphatic carbocycles. The van der Waals surface area contributed by atoms with Crippen molar-refractivity contribution in [1.29, 1.82) is 5.26 Å². The first-order valence-electron chi connectivity index (χ1n) is 11.3. The van der Waals surface area contributed by atoms with Crippen LogP contribution in [-0.2, 0) is 4.79 Å². The summed E-state index contributed by atoms with van der Waals surface area (Å²) in [6.45, 7) is 0. The first-order chi connectivity index (χ1) is 16.9. The summed E-state index contributed by atoms with van der Waals surface area (Å²) in [7, 11) is 0. The second-order valence-corrected chi connectivity index (χ2v) is 9.30. The molecule has 0 radical (unpaired) electrons. The average molecular weight is 492 g/mol. The van der Waals surface area contributed by atoms with Crippen molar-refractivity contribution >= 4 is 41.0 Å². The van der Waals surface area contributed by atoms with Crippen molar-refractivity contribution in [3.8, 4) is 6.07 Å². The lowest BCUT2D eigenvalue weighted by molar-refractivity contribution is -0.138. The van der Waals surface area contributed by atoms with Gasteiger partial charge in [0.25, 0.3) is 0 Å². The van der Waals surface area contributed by atoms with Crippen LogP contribution in [0.4, 0.5) is 17.4 Å². The Morgan fingerprint density at radius 2 is 1.83 bits per heavy atom. The number of anilines is 3. The number of hydrogen-bond donors (Lipinski definition) is 3. The molecule has 0 unspecified atom stereocenters. The smallest absolute Gasteiger partial charge is 0.320 e. The van der Waals surface area contributed by atoms with E-state index in [1.54, 1.807) is 18.2 Å². The lowest BCUT2D eigenvalue weighted by atomic mass is 9.77. The summed E-state index contributed by atoms with van der Waals surface area (Å²) in [6, 6.07) is 15.1. The van der Waals surface area contributed by atoms with Crippen LogP contribution in [0.15, 0.2) is 51.8 Å². The Hall–Kier alpha value is -3.84. The van der Waals surface area contributed by atoms with Gasteiger partial charge in [-0.25, -0.2) is 0 Å². The van der Waals surface area contributed by atoms with Gasteiger partial charge < -0.3 is 20.2 Å². The zero-order chi connectivity index (χ0) is 24.8. The number of aliphatic carboxylic acids is 1. The van der Waals surface area contributed by atoms with Crippen LogP contribution < -0.4 is 10.6 Å². The van der Waals surface area contributed by atoms with Gasteiger partial charge in [0.2, 0.25) is 0 Å². The summed E-state index contributed by atoms with van der Waals surface area (Å²) in [6.07, 6.45) is 5.91. The Morgan fingerprint density at radius 1 is 1.11 bits per heavy atom. The number of nitrogens with zero attached hydrogens (tertiary/aromatic N) is 3. The van der Waals surface area contributed by atoms with Crippen LogP contribution in [0.5, 0.6) is 0 Å². The average Bonchev–Trinajstić information content (AvgIpc) is 3.33. The minimum absolute atomic E-state index is 0.0701. The Balaban J connectivity index is 1.33. The molecule has 10 heteroatoms. The van der Waals surface area contributed by atoms with Crippen LogP contribution in [0.1, 0.15) is 59.8 Å². The molecule has 4 rings (SSSR count). The Bertz CT molecular complexity index is 1240. The standard InChI is InChI=1S/C25H25N5O4S/c1-35-21-13-20(11-8-18(21)14-26)28-25-30-29-24(34-25)23(33)27-19-9-6-17(7-10-19)16-4-2-15(3-5-16)12-22(31)32/h6-11,13,15-16H,2-5,12H2,1H3,(H,27,33)(H,28,30)(H,31,32). The molecule has 1 aliphatic rings. The highest BCUT2D eigenvalue weighted by molar-refractivity contribution is 7.98. The summed E-state index contributed by atoms with van der Waals surface area (Å²) < 4.78 is 5.45. The molecule has 0 spiro atoms. The predicted octanol–water partition coefficient (Wildman–Crippen LogP) is 5.41. The van der Waals surface area contributed by atoms with Crippen LogP contribution >= 0.6 is 11.8 Å². The van der Waals surface area contributed by atoms with Crippen molar-refractivity contribution in [2.75, 3.05) is 16.9 Å². The highest BCUT2D eigenvalue weighted by atomic mass is 32.2. The number of thioether (sulfide) groups is 1. The molecular weight excluding hydrogens is 466 g/mol. The van der Waals surface area contributed by atoms with E-state index >= 15 is 0 Å². The van der Waals surface area contributed by atoms with Gasteiger partial charge in [-0.2, -0.15) is 5.26 Å². The second kappa shape index (κ2) is 11.1. The first-order valence-corrected chi connectivity index (χ1v) is 12.5. The summed E-state index contributed by atoms with van der Waals surface area (Å²) in [5.41, 5.74) is 3.04. The third-order valence-corrected chi connectivity index (χ3v) is 6.92. The fourth-order valence-corrected chi connectivity index (χ4v) is 4.90. The van der Waals surface area contributed by atoms with E-state index in [-0.39, 0.29) is 24.2 Å². The Kier molecular flexibility index (Phi) is 7.67. The third kappa shape index (κ3) is 6.19. The predicted molar refractivity (Wildman–Crippen MR) is 132 cm³/mol. The van der Waals surface area contributed by atoms with E-state index in [2.05, 4.69) is 26.9 Å². The van der Waals surface area contributed by atoms with Gasteiger partial charge in [0, 0.05) is 22.7 Å². The molecule has 3 N–H and O–H groups in total. The van der Waals surface area contributed by atoms with Gasteiger partial charge >= 0.3 is 23.8 Å². The van der Waals surface area contributed by atoms with E-state index in [1.165, 1.54) is 17.3 Å². The number of carboxylic acid groups (broad SMARTS) is 1. The zero-order valence-electron chi connectivity index (χ0n) is 19.2. The molecule has 180 valence electrons. The number of amides is 1. The number of nitriles is 1. The van der Waals surface area contributed by atoms with Crippen molar-refractivity contribution < 1.29 is 19.1 Å². The second-order valence-electron chi connectivity index (χ2n) is 8.46. The molecule has 3 aromatic rings. The van der Waals surface area contributed by atoms with E-state index in [0.29, 0.717) is 22.9 Å². The molecule has 1 saturated carbocycles. The minimum Gasteiger partial charge on any atom is -0.481 e. The van der Waals surface area contributed by atoms with Crippen molar-refractivity contribution in [1.82, 2.24) is 10.2 Å². The summed E-state index contributed by atoms with van der Waals surface area (Å²) in [4.78, 5) is 24.3. The van der Waals surface area contributed by atoms with Gasteiger partial charge in [0.1, 0.15) is 6.07 Å². The fraction of sp³-hybridized carbons (Fsp3) is 0.320. The molecule has 1 heterocycles. The quantitative estimate of drug-likeness (QED) is 0.353. The Labute approximate surface area is 206 Å². The maximum Gasteiger partial charge on any atom is 0.320 e. The lowest BCUT2D eigenvalue weighted by Gasteiger charge is -2.28. The largest absolute Gasteiger partial charge is 0.481 e. The number of carbonyl (C=O) groups is 2. The van der Waals surface area contributed by atoms with E-state index in [9.17, 15) is 9.59 Å².